The Bertz CT molecular complexity index is 651. The fraction of sp³-hybridized carbons (Fsp3) is 0.467. The van der Waals surface area contributed by atoms with E-state index < -0.39 is 53.4 Å². The van der Waals surface area contributed by atoms with Crippen LogP contribution >= 0.6 is 0 Å². The first-order chi connectivity index (χ1) is 11.4. The lowest BCUT2D eigenvalue weighted by Gasteiger charge is -2.24. The van der Waals surface area contributed by atoms with Crippen molar-refractivity contribution in [3.63, 3.8) is 0 Å². The molecule has 0 aliphatic carbocycles. The van der Waals surface area contributed by atoms with Crippen LogP contribution in [0, 0.1) is 0 Å². The van der Waals surface area contributed by atoms with E-state index >= 15 is 0 Å². The number of halogens is 6. The molecule has 0 saturated carbocycles. The summed E-state index contributed by atoms with van der Waals surface area (Å²) < 4.78 is 77.1. The minimum Gasteiger partial charge on any atom is -0.481 e. The second kappa shape index (κ2) is 6.57. The second-order valence-corrected chi connectivity index (χ2v) is 5.69. The predicted molar refractivity (Wildman–Crippen MR) is 72.8 cm³/mol. The van der Waals surface area contributed by atoms with Crippen LogP contribution in [0.5, 0.6) is 0 Å². The number of amides is 1. The lowest BCUT2D eigenvalue weighted by atomic mass is 10.0. The molecule has 1 N–H and O–H groups in total. The van der Waals surface area contributed by atoms with Gasteiger partial charge in [-0.25, -0.2) is 0 Å². The maximum absolute atomic E-state index is 12.9. The van der Waals surface area contributed by atoms with E-state index in [1.807, 2.05) is 0 Å². The number of alkyl halides is 6. The maximum atomic E-state index is 12.9. The molecule has 1 aromatic rings. The summed E-state index contributed by atoms with van der Waals surface area (Å²) >= 11 is 0. The highest BCUT2D eigenvalue weighted by Gasteiger charge is 2.39. The molecule has 25 heavy (non-hydrogen) atoms. The highest BCUT2D eigenvalue weighted by molar-refractivity contribution is 5.95. The molecule has 0 spiro atoms. The minimum atomic E-state index is -5.05. The highest BCUT2D eigenvalue weighted by atomic mass is 19.4. The molecule has 1 aliphatic heterocycles. The van der Waals surface area contributed by atoms with Gasteiger partial charge < -0.3 is 10.0 Å². The van der Waals surface area contributed by atoms with Crippen molar-refractivity contribution >= 4 is 11.9 Å². The number of likely N-dealkylation sites (tertiary alicyclic amines) is 1. The number of carbonyl (C=O) groups excluding carboxylic acids is 1. The molecule has 1 fully saturated rings. The van der Waals surface area contributed by atoms with E-state index in [9.17, 15) is 35.9 Å². The van der Waals surface area contributed by atoms with Crippen molar-refractivity contribution in [3.8, 4) is 0 Å². The Labute approximate surface area is 138 Å². The summed E-state index contributed by atoms with van der Waals surface area (Å²) in [7, 11) is 0. The van der Waals surface area contributed by atoms with Crippen molar-refractivity contribution < 1.29 is 41.0 Å². The quantitative estimate of drug-likeness (QED) is 0.825. The van der Waals surface area contributed by atoms with Gasteiger partial charge >= 0.3 is 18.3 Å². The van der Waals surface area contributed by atoms with Crippen LogP contribution in [0.4, 0.5) is 26.3 Å². The van der Waals surface area contributed by atoms with Crippen molar-refractivity contribution in [2.45, 2.75) is 37.7 Å². The van der Waals surface area contributed by atoms with Gasteiger partial charge in [0, 0.05) is 18.2 Å². The third-order valence-corrected chi connectivity index (χ3v) is 3.88. The Morgan fingerprint density at radius 2 is 1.56 bits per heavy atom. The molecule has 0 aromatic heterocycles. The summed E-state index contributed by atoms with van der Waals surface area (Å²) in [6, 6.07) is -0.106. The lowest BCUT2D eigenvalue weighted by molar-refractivity contribution is -0.143. The van der Waals surface area contributed by atoms with Gasteiger partial charge in [0.2, 0.25) is 0 Å². The summed E-state index contributed by atoms with van der Waals surface area (Å²) in [5, 5.41) is 8.81. The second-order valence-electron chi connectivity index (χ2n) is 5.69. The number of hydrogen-bond donors (Lipinski definition) is 1. The van der Waals surface area contributed by atoms with Gasteiger partial charge in [-0.3, -0.25) is 9.59 Å². The van der Waals surface area contributed by atoms with Crippen molar-refractivity contribution in [2.75, 3.05) is 6.54 Å². The Morgan fingerprint density at radius 1 is 1.04 bits per heavy atom. The van der Waals surface area contributed by atoms with Crippen molar-refractivity contribution in [1.29, 1.82) is 0 Å². The zero-order valence-corrected chi connectivity index (χ0v) is 12.6. The molecule has 0 bridgehead atoms. The van der Waals surface area contributed by atoms with Crippen LogP contribution < -0.4 is 0 Å². The number of carbonyl (C=O) groups is 2. The lowest BCUT2D eigenvalue weighted by Crippen LogP contribution is -2.37. The van der Waals surface area contributed by atoms with E-state index in [2.05, 4.69) is 0 Å². The third-order valence-electron chi connectivity index (χ3n) is 3.88. The molecule has 2 rings (SSSR count). The molecule has 0 radical (unpaired) electrons. The first kappa shape index (κ1) is 19.1. The van der Waals surface area contributed by atoms with Gasteiger partial charge in [-0.1, -0.05) is 0 Å². The van der Waals surface area contributed by atoms with E-state index in [1.165, 1.54) is 0 Å². The van der Waals surface area contributed by atoms with Crippen LogP contribution in [-0.4, -0.2) is 34.5 Å². The van der Waals surface area contributed by atoms with E-state index in [4.69, 9.17) is 5.11 Å². The first-order valence-electron chi connectivity index (χ1n) is 7.22. The van der Waals surface area contributed by atoms with Gasteiger partial charge in [0.1, 0.15) is 0 Å². The third kappa shape index (κ3) is 4.43. The molecular formula is C15H13F6NO3. The van der Waals surface area contributed by atoms with Gasteiger partial charge in [-0.05, 0) is 31.0 Å². The smallest absolute Gasteiger partial charge is 0.416 e. The van der Waals surface area contributed by atoms with E-state index in [0.29, 0.717) is 25.0 Å². The van der Waals surface area contributed by atoms with Crippen LogP contribution in [-0.2, 0) is 17.1 Å². The number of carboxylic acids is 1. The van der Waals surface area contributed by atoms with E-state index in [-0.39, 0.29) is 12.6 Å². The summed E-state index contributed by atoms with van der Waals surface area (Å²) in [6.45, 7) is 0.0778. The Morgan fingerprint density at radius 3 is 2.00 bits per heavy atom. The van der Waals surface area contributed by atoms with Crippen LogP contribution in [0.25, 0.3) is 0 Å². The Hall–Kier alpha value is -2.26. The monoisotopic (exact) mass is 369 g/mol. The molecule has 1 unspecified atom stereocenters. The zero-order valence-electron chi connectivity index (χ0n) is 12.6. The van der Waals surface area contributed by atoms with Gasteiger partial charge in [-0.2, -0.15) is 26.3 Å². The summed E-state index contributed by atoms with van der Waals surface area (Å²) in [6.07, 6.45) is -9.78. The number of hydrogen-bond acceptors (Lipinski definition) is 2. The Kier molecular flexibility index (Phi) is 5.01. The molecule has 1 amide bonds. The number of aliphatic carboxylic acids is 1. The van der Waals surface area contributed by atoms with Gasteiger partial charge in [-0.15, -0.1) is 0 Å². The fourth-order valence-corrected chi connectivity index (χ4v) is 2.76. The molecular weight excluding hydrogens is 356 g/mol. The van der Waals surface area contributed by atoms with E-state index in [0.717, 1.165) is 4.90 Å². The summed E-state index contributed by atoms with van der Waals surface area (Å²) in [5.74, 6) is -2.25. The average Bonchev–Trinajstić information content (AvgIpc) is 2.91. The summed E-state index contributed by atoms with van der Waals surface area (Å²) in [5.41, 5.74) is -3.93. The maximum Gasteiger partial charge on any atom is 0.416 e. The molecule has 1 atom stereocenters. The normalized spacial score (nSPS) is 18.5. The molecule has 4 nitrogen and oxygen atoms in total. The standard InChI is InChI=1S/C15H13F6NO3/c16-14(17,18)9-4-8(5-10(6-9)15(19,20)21)13(25)22-3-1-2-11(22)7-12(23)24/h4-6,11H,1-3,7H2,(H,23,24). The van der Waals surface area contributed by atoms with E-state index in [1.54, 1.807) is 0 Å². The van der Waals surface area contributed by atoms with Gasteiger partial charge in [0.25, 0.3) is 5.91 Å². The molecule has 1 aromatic carbocycles. The number of benzene rings is 1. The van der Waals surface area contributed by atoms with Crippen LogP contribution in [0.15, 0.2) is 18.2 Å². The largest absolute Gasteiger partial charge is 0.481 e. The van der Waals surface area contributed by atoms with Crippen molar-refractivity contribution in [2.24, 2.45) is 0 Å². The van der Waals surface area contributed by atoms with Crippen LogP contribution in [0.3, 0.4) is 0 Å². The molecule has 1 aliphatic rings. The zero-order chi connectivity index (χ0) is 19.0. The average molecular weight is 369 g/mol. The predicted octanol–water partition coefficient (Wildman–Crippen LogP) is 3.80. The molecule has 10 heteroatoms. The minimum absolute atomic E-state index is 0.0600. The number of nitrogens with zero attached hydrogens (tertiary/aromatic N) is 1. The van der Waals surface area contributed by atoms with Gasteiger partial charge in [0.05, 0.1) is 17.5 Å². The van der Waals surface area contributed by atoms with Crippen LogP contribution in [0.2, 0.25) is 0 Å². The van der Waals surface area contributed by atoms with Gasteiger partial charge in [0.15, 0.2) is 0 Å². The fourth-order valence-electron chi connectivity index (χ4n) is 2.76. The van der Waals surface area contributed by atoms with Crippen LogP contribution in [0.1, 0.15) is 40.7 Å². The van der Waals surface area contributed by atoms with Crippen molar-refractivity contribution in [1.82, 2.24) is 4.90 Å². The summed E-state index contributed by atoms with van der Waals surface area (Å²) in [4.78, 5) is 24.2. The molecule has 1 heterocycles. The number of carboxylic acid groups (broad SMARTS) is 1. The molecule has 138 valence electrons. The Balaban J connectivity index is 2.43. The van der Waals surface area contributed by atoms with Crippen molar-refractivity contribution in [3.05, 3.63) is 34.9 Å². The highest BCUT2D eigenvalue weighted by Crippen LogP contribution is 2.37. The number of rotatable bonds is 3. The molecule has 1 saturated heterocycles. The first-order valence-corrected chi connectivity index (χ1v) is 7.22. The topological polar surface area (TPSA) is 57.6 Å². The SMILES string of the molecule is O=C(O)CC1CCCN1C(=O)c1cc(C(F)(F)F)cc(C(F)(F)F)c1.